The first kappa shape index (κ1) is 11.2. The summed E-state index contributed by atoms with van der Waals surface area (Å²) in [4.78, 5) is 0. The van der Waals surface area contributed by atoms with E-state index in [9.17, 15) is 0 Å². The molecule has 0 bridgehead atoms. The van der Waals surface area contributed by atoms with Crippen LogP contribution in [0.4, 0.5) is 0 Å². The average molecular weight is 236 g/mol. The van der Waals surface area contributed by atoms with E-state index in [1.165, 1.54) is 0 Å². The van der Waals surface area contributed by atoms with Gasteiger partial charge in [0.25, 0.3) is 0 Å². The van der Waals surface area contributed by atoms with Crippen molar-refractivity contribution >= 4 is 11.6 Å². The molecule has 1 N–H and O–H groups in total. The van der Waals surface area contributed by atoms with Gasteiger partial charge in [-0.15, -0.1) is 0 Å². The highest BCUT2D eigenvalue weighted by Crippen LogP contribution is 2.19. The van der Waals surface area contributed by atoms with Crippen LogP contribution in [0.25, 0.3) is 5.69 Å². The van der Waals surface area contributed by atoms with E-state index in [0.717, 1.165) is 24.2 Å². The van der Waals surface area contributed by atoms with Crippen molar-refractivity contribution in [3.05, 3.63) is 47.2 Å². The number of aromatic nitrogens is 2. The van der Waals surface area contributed by atoms with E-state index in [1.807, 2.05) is 43.6 Å². The molecule has 0 amide bonds. The summed E-state index contributed by atoms with van der Waals surface area (Å²) in [5.74, 6) is 0. The first-order chi connectivity index (χ1) is 7.83. The highest BCUT2D eigenvalue weighted by molar-refractivity contribution is 6.30. The van der Waals surface area contributed by atoms with Gasteiger partial charge in [-0.3, -0.25) is 0 Å². The summed E-state index contributed by atoms with van der Waals surface area (Å²) in [5, 5.41) is 8.09. The van der Waals surface area contributed by atoms with Gasteiger partial charge in [0.2, 0.25) is 0 Å². The minimum absolute atomic E-state index is 0.696. The van der Waals surface area contributed by atoms with Gasteiger partial charge >= 0.3 is 0 Å². The van der Waals surface area contributed by atoms with Crippen LogP contribution >= 0.6 is 11.6 Å². The van der Waals surface area contributed by atoms with Crippen molar-refractivity contribution in [2.75, 3.05) is 13.6 Å². The Morgan fingerprint density at radius 1 is 1.31 bits per heavy atom. The van der Waals surface area contributed by atoms with E-state index in [-0.39, 0.29) is 0 Å². The fraction of sp³-hybridized carbons (Fsp3) is 0.250. The second kappa shape index (κ2) is 5.14. The van der Waals surface area contributed by atoms with Gasteiger partial charge in [-0.05, 0) is 32.1 Å². The lowest BCUT2D eigenvalue weighted by Gasteiger charge is -2.03. The summed E-state index contributed by atoms with van der Waals surface area (Å²) in [6.45, 7) is 0.903. The lowest BCUT2D eigenvalue weighted by molar-refractivity contribution is 0.791. The molecule has 2 rings (SSSR count). The van der Waals surface area contributed by atoms with Gasteiger partial charge in [-0.1, -0.05) is 29.8 Å². The maximum Gasteiger partial charge on any atom is 0.136 e. The number of likely N-dealkylation sites (N-methyl/N-ethyl adjacent to an activating group) is 1. The average Bonchev–Trinajstić information content (AvgIpc) is 2.69. The summed E-state index contributed by atoms with van der Waals surface area (Å²) in [5.41, 5.74) is 2.06. The van der Waals surface area contributed by atoms with Crippen LogP contribution in [-0.2, 0) is 6.42 Å². The largest absolute Gasteiger partial charge is 0.319 e. The van der Waals surface area contributed by atoms with Crippen LogP contribution in [-0.4, -0.2) is 23.4 Å². The summed E-state index contributed by atoms with van der Waals surface area (Å²) in [6.07, 6.45) is 2.72. The maximum atomic E-state index is 6.27. The van der Waals surface area contributed by atoms with Gasteiger partial charge in [-0.2, -0.15) is 5.10 Å². The molecule has 1 aromatic carbocycles. The van der Waals surface area contributed by atoms with Crippen LogP contribution in [0, 0.1) is 0 Å². The minimum atomic E-state index is 0.696. The molecule has 0 spiro atoms. The normalized spacial score (nSPS) is 10.6. The van der Waals surface area contributed by atoms with Crippen LogP contribution in [0.1, 0.15) is 5.56 Å². The van der Waals surface area contributed by atoms with Gasteiger partial charge in [0, 0.05) is 5.56 Å². The molecule has 1 heterocycles. The van der Waals surface area contributed by atoms with E-state index in [2.05, 4.69) is 10.4 Å². The lowest BCUT2D eigenvalue weighted by Crippen LogP contribution is -2.10. The van der Waals surface area contributed by atoms with E-state index in [4.69, 9.17) is 11.6 Å². The number of nitrogens with one attached hydrogen (secondary N) is 1. The quantitative estimate of drug-likeness (QED) is 0.881. The first-order valence-corrected chi connectivity index (χ1v) is 5.63. The van der Waals surface area contributed by atoms with Crippen LogP contribution in [0.15, 0.2) is 36.5 Å². The monoisotopic (exact) mass is 235 g/mol. The molecule has 0 unspecified atom stereocenters. The predicted molar refractivity (Wildman–Crippen MR) is 66.2 cm³/mol. The lowest BCUT2D eigenvalue weighted by atomic mass is 10.2. The molecule has 0 fully saturated rings. The van der Waals surface area contributed by atoms with Gasteiger partial charge in [0.1, 0.15) is 5.15 Å². The number of benzene rings is 1. The highest BCUT2D eigenvalue weighted by Gasteiger charge is 2.08. The molecular formula is C12H14ClN3. The zero-order chi connectivity index (χ0) is 11.4. The Morgan fingerprint density at radius 3 is 2.75 bits per heavy atom. The van der Waals surface area contributed by atoms with Crippen LogP contribution < -0.4 is 5.32 Å². The smallest absolute Gasteiger partial charge is 0.136 e. The Labute approximate surface area is 100 Å². The van der Waals surface area contributed by atoms with Gasteiger partial charge in [-0.25, -0.2) is 4.68 Å². The molecule has 0 aliphatic carbocycles. The third-order valence-corrected chi connectivity index (χ3v) is 2.83. The van der Waals surface area contributed by atoms with Crippen LogP contribution in [0.5, 0.6) is 0 Å². The Hall–Kier alpha value is -1.32. The maximum absolute atomic E-state index is 6.27. The summed E-state index contributed by atoms with van der Waals surface area (Å²) >= 11 is 6.27. The topological polar surface area (TPSA) is 29.9 Å². The van der Waals surface area contributed by atoms with E-state index in [1.54, 1.807) is 4.68 Å². The highest BCUT2D eigenvalue weighted by atomic mass is 35.5. The molecule has 0 aliphatic rings. The predicted octanol–water partition coefficient (Wildman–Crippen LogP) is 2.29. The fourth-order valence-corrected chi connectivity index (χ4v) is 1.83. The van der Waals surface area contributed by atoms with Crippen molar-refractivity contribution in [2.24, 2.45) is 0 Å². The number of hydrogen-bond donors (Lipinski definition) is 1. The SMILES string of the molecule is CNCCc1cnn(-c2ccccc2)c1Cl. The van der Waals surface area contributed by atoms with Gasteiger partial charge < -0.3 is 5.32 Å². The van der Waals surface area contributed by atoms with Crippen molar-refractivity contribution in [1.82, 2.24) is 15.1 Å². The standard InChI is InChI=1S/C12H14ClN3/c1-14-8-7-10-9-15-16(12(10)13)11-5-3-2-4-6-11/h2-6,9,14H,7-8H2,1H3. The minimum Gasteiger partial charge on any atom is -0.319 e. The molecule has 0 saturated carbocycles. The van der Waals surface area contributed by atoms with Crippen molar-refractivity contribution < 1.29 is 0 Å². The van der Waals surface area contributed by atoms with E-state index >= 15 is 0 Å². The first-order valence-electron chi connectivity index (χ1n) is 5.25. The second-order valence-electron chi connectivity index (χ2n) is 3.56. The van der Waals surface area contributed by atoms with Crippen LogP contribution in [0.3, 0.4) is 0 Å². The molecule has 4 heteroatoms. The number of nitrogens with zero attached hydrogens (tertiary/aromatic N) is 2. The molecule has 3 nitrogen and oxygen atoms in total. The second-order valence-corrected chi connectivity index (χ2v) is 3.92. The zero-order valence-electron chi connectivity index (χ0n) is 9.15. The Morgan fingerprint density at radius 2 is 2.06 bits per heavy atom. The molecule has 0 atom stereocenters. The molecule has 84 valence electrons. The van der Waals surface area contributed by atoms with Crippen molar-refractivity contribution in [2.45, 2.75) is 6.42 Å². The molecule has 0 saturated heterocycles. The summed E-state index contributed by atoms with van der Waals surface area (Å²) in [6, 6.07) is 9.89. The van der Waals surface area contributed by atoms with Crippen LogP contribution in [0.2, 0.25) is 5.15 Å². The molecule has 2 aromatic rings. The zero-order valence-corrected chi connectivity index (χ0v) is 9.91. The van der Waals surface area contributed by atoms with E-state index in [0.29, 0.717) is 5.15 Å². The number of halogens is 1. The van der Waals surface area contributed by atoms with Crippen molar-refractivity contribution in [1.29, 1.82) is 0 Å². The molecular weight excluding hydrogens is 222 g/mol. The van der Waals surface area contributed by atoms with Gasteiger partial charge in [0.15, 0.2) is 0 Å². The molecule has 1 aromatic heterocycles. The Bertz CT molecular complexity index is 451. The van der Waals surface area contributed by atoms with Crippen molar-refractivity contribution in [3.63, 3.8) is 0 Å². The molecule has 0 radical (unpaired) electrons. The third-order valence-electron chi connectivity index (χ3n) is 2.43. The molecule has 0 aliphatic heterocycles. The Kier molecular flexibility index (Phi) is 3.59. The number of para-hydroxylation sites is 1. The summed E-state index contributed by atoms with van der Waals surface area (Å²) in [7, 11) is 1.93. The third kappa shape index (κ3) is 2.26. The van der Waals surface area contributed by atoms with E-state index < -0.39 is 0 Å². The van der Waals surface area contributed by atoms with Crippen molar-refractivity contribution in [3.8, 4) is 5.69 Å². The Balaban J connectivity index is 2.27. The fourth-order valence-electron chi connectivity index (χ4n) is 1.54. The molecule has 16 heavy (non-hydrogen) atoms. The van der Waals surface area contributed by atoms with Gasteiger partial charge in [0.05, 0.1) is 11.9 Å². The number of hydrogen-bond acceptors (Lipinski definition) is 2. The summed E-state index contributed by atoms with van der Waals surface area (Å²) < 4.78 is 1.76. The number of rotatable bonds is 4.